The van der Waals surface area contributed by atoms with Crippen molar-refractivity contribution in [2.75, 3.05) is 44.7 Å². The van der Waals surface area contributed by atoms with Gasteiger partial charge in [0.15, 0.2) is 11.8 Å². The zero-order valence-electron chi connectivity index (χ0n) is 16.8. The van der Waals surface area contributed by atoms with E-state index in [4.69, 9.17) is 4.74 Å². The quantitative estimate of drug-likeness (QED) is 0.642. The maximum atomic E-state index is 10.6. The third-order valence-electron chi connectivity index (χ3n) is 5.89. The Balaban J connectivity index is 1.34. The van der Waals surface area contributed by atoms with Gasteiger partial charge in [-0.2, -0.15) is 0 Å². The SMILES string of the molecule is COc1ccccc1N1CCN(CC(O)Cn2c(O)c3c(c2O)CC=CC3)CC1. The van der Waals surface area contributed by atoms with Crippen LogP contribution in [0.3, 0.4) is 0 Å². The summed E-state index contributed by atoms with van der Waals surface area (Å²) in [4.78, 5) is 4.52. The number of aliphatic hydroxyl groups is 1. The number of hydrogen-bond acceptors (Lipinski definition) is 6. The van der Waals surface area contributed by atoms with Crippen LogP contribution >= 0.6 is 0 Å². The van der Waals surface area contributed by atoms with Crippen molar-refractivity contribution in [3.8, 4) is 17.5 Å². The molecular weight excluding hydrogens is 370 g/mol. The van der Waals surface area contributed by atoms with Crippen LogP contribution in [-0.2, 0) is 19.4 Å². The largest absolute Gasteiger partial charge is 0.495 e. The molecular formula is C22H29N3O4. The molecule has 1 saturated heterocycles. The first-order chi connectivity index (χ1) is 14.1. The van der Waals surface area contributed by atoms with Gasteiger partial charge in [-0.3, -0.25) is 9.47 Å². The van der Waals surface area contributed by atoms with Crippen LogP contribution in [0.4, 0.5) is 5.69 Å². The van der Waals surface area contributed by atoms with Gasteiger partial charge in [0.05, 0.1) is 25.4 Å². The first kappa shape index (κ1) is 19.7. The summed E-state index contributed by atoms with van der Waals surface area (Å²) in [7, 11) is 1.69. The highest BCUT2D eigenvalue weighted by Gasteiger charge is 2.26. The van der Waals surface area contributed by atoms with Crippen LogP contribution in [0.5, 0.6) is 17.5 Å². The molecule has 1 atom stereocenters. The van der Waals surface area contributed by atoms with Gasteiger partial charge < -0.3 is 25.0 Å². The summed E-state index contributed by atoms with van der Waals surface area (Å²) >= 11 is 0. The number of piperazine rings is 1. The number of ether oxygens (including phenoxy) is 1. The number of β-amino-alcohol motifs (C(OH)–C–C–N with tert-alkyl or cyclic N) is 1. The Kier molecular flexibility index (Phi) is 5.69. The summed E-state index contributed by atoms with van der Waals surface area (Å²) in [6.07, 6.45) is 4.53. The van der Waals surface area contributed by atoms with Crippen molar-refractivity contribution in [3.63, 3.8) is 0 Å². The number of rotatable bonds is 6. The molecule has 156 valence electrons. The third-order valence-corrected chi connectivity index (χ3v) is 5.89. The Morgan fingerprint density at radius 1 is 0.931 bits per heavy atom. The lowest BCUT2D eigenvalue weighted by atomic mass is 10.0. The van der Waals surface area contributed by atoms with E-state index >= 15 is 0 Å². The highest BCUT2D eigenvalue weighted by Crippen LogP contribution is 2.37. The molecule has 1 aromatic heterocycles. The number of para-hydroxylation sites is 2. The highest BCUT2D eigenvalue weighted by atomic mass is 16.5. The molecule has 1 aromatic carbocycles. The van der Waals surface area contributed by atoms with Gasteiger partial charge in [0, 0.05) is 43.9 Å². The first-order valence-electron chi connectivity index (χ1n) is 10.1. The maximum absolute atomic E-state index is 10.6. The lowest BCUT2D eigenvalue weighted by Crippen LogP contribution is -2.49. The second-order valence-corrected chi connectivity index (χ2v) is 7.71. The van der Waals surface area contributed by atoms with E-state index in [9.17, 15) is 15.3 Å². The third kappa shape index (κ3) is 3.93. The van der Waals surface area contributed by atoms with Gasteiger partial charge in [-0.15, -0.1) is 0 Å². The van der Waals surface area contributed by atoms with Crippen molar-refractivity contribution in [3.05, 3.63) is 47.5 Å². The lowest BCUT2D eigenvalue weighted by Gasteiger charge is -2.37. The van der Waals surface area contributed by atoms with Crippen molar-refractivity contribution >= 4 is 5.69 Å². The van der Waals surface area contributed by atoms with Gasteiger partial charge in [0.2, 0.25) is 0 Å². The molecule has 2 aliphatic rings. The number of methoxy groups -OCH3 is 1. The molecule has 3 N–H and O–H groups in total. The lowest BCUT2D eigenvalue weighted by molar-refractivity contribution is 0.0907. The van der Waals surface area contributed by atoms with Gasteiger partial charge in [0.1, 0.15) is 5.75 Å². The smallest absolute Gasteiger partial charge is 0.197 e. The second-order valence-electron chi connectivity index (χ2n) is 7.71. The van der Waals surface area contributed by atoms with Crippen LogP contribution in [0.1, 0.15) is 11.1 Å². The predicted molar refractivity (Wildman–Crippen MR) is 112 cm³/mol. The van der Waals surface area contributed by atoms with Crippen molar-refractivity contribution in [2.24, 2.45) is 0 Å². The molecule has 2 aromatic rings. The number of fused-ring (bicyclic) bond motifs is 1. The zero-order chi connectivity index (χ0) is 20.4. The molecule has 1 aliphatic heterocycles. The molecule has 0 radical (unpaired) electrons. The minimum absolute atomic E-state index is 0.0712. The molecule has 1 aliphatic carbocycles. The van der Waals surface area contributed by atoms with E-state index in [1.165, 1.54) is 4.57 Å². The van der Waals surface area contributed by atoms with E-state index < -0.39 is 6.10 Å². The van der Waals surface area contributed by atoms with E-state index in [2.05, 4.69) is 15.9 Å². The van der Waals surface area contributed by atoms with Gasteiger partial charge in [-0.25, -0.2) is 0 Å². The Hall–Kier alpha value is -2.64. The summed E-state index contributed by atoms with van der Waals surface area (Å²) in [5.74, 6) is 1.02. The topological polar surface area (TPSA) is 81.3 Å². The monoisotopic (exact) mass is 399 g/mol. The number of nitrogens with zero attached hydrogens (tertiary/aromatic N) is 3. The number of benzene rings is 1. The Morgan fingerprint density at radius 3 is 2.17 bits per heavy atom. The van der Waals surface area contributed by atoms with E-state index in [0.29, 0.717) is 19.4 Å². The maximum Gasteiger partial charge on any atom is 0.197 e. The first-order valence-corrected chi connectivity index (χ1v) is 10.1. The van der Waals surface area contributed by atoms with Crippen LogP contribution in [0.25, 0.3) is 0 Å². The van der Waals surface area contributed by atoms with Crippen molar-refractivity contribution in [1.29, 1.82) is 0 Å². The normalized spacial score (nSPS) is 17.9. The minimum Gasteiger partial charge on any atom is -0.495 e. The molecule has 0 bridgehead atoms. The van der Waals surface area contributed by atoms with Crippen LogP contribution < -0.4 is 9.64 Å². The average Bonchev–Trinajstić information content (AvgIpc) is 2.99. The fraction of sp³-hybridized carbons (Fsp3) is 0.455. The van der Waals surface area contributed by atoms with E-state index in [1.807, 2.05) is 30.4 Å². The molecule has 1 fully saturated rings. The van der Waals surface area contributed by atoms with Crippen LogP contribution in [-0.4, -0.2) is 70.7 Å². The van der Waals surface area contributed by atoms with E-state index in [1.54, 1.807) is 7.11 Å². The second kappa shape index (κ2) is 8.39. The predicted octanol–water partition coefficient (Wildman–Crippen LogP) is 1.75. The molecule has 2 heterocycles. The molecule has 7 nitrogen and oxygen atoms in total. The van der Waals surface area contributed by atoms with Crippen LogP contribution in [0, 0.1) is 0 Å². The number of aromatic nitrogens is 1. The van der Waals surface area contributed by atoms with Gasteiger partial charge in [-0.1, -0.05) is 24.3 Å². The van der Waals surface area contributed by atoms with Crippen molar-refractivity contribution in [2.45, 2.75) is 25.5 Å². The number of aromatic hydroxyl groups is 2. The Bertz CT molecular complexity index is 853. The van der Waals surface area contributed by atoms with Crippen molar-refractivity contribution in [1.82, 2.24) is 9.47 Å². The Morgan fingerprint density at radius 2 is 1.55 bits per heavy atom. The summed E-state index contributed by atoms with van der Waals surface area (Å²) in [6, 6.07) is 8.02. The standard InChI is InChI=1S/C22H29N3O4/c1-29-20-9-5-4-8-19(20)24-12-10-23(11-13-24)14-16(26)15-25-21(27)17-6-2-3-7-18(17)22(25)28/h2-5,8-9,16,26-28H,6-7,10-15H2,1H3. The highest BCUT2D eigenvalue weighted by molar-refractivity contribution is 5.58. The fourth-order valence-corrected chi connectivity index (χ4v) is 4.33. The minimum atomic E-state index is -0.675. The van der Waals surface area contributed by atoms with Crippen LogP contribution in [0.2, 0.25) is 0 Å². The summed E-state index contributed by atoms with van der Waals surface area (Å²) in [6.45, 7) is 4.05. The summed E-state index contributed by atoms with van der Waals surface area (Å²) in [5.41, 5.74) is 2.63. The fourth-order valence-electron chi connectivity index (χ4n) is 4.33. The zero-order valence-corrected chi connectivity index (χ0v) is 16.8. The molecule has 7 heteroatoms. The molecule has 4 rings (SSSR count). The molecule has 1 unspecified atom stereocenters. The van der Waals surface area contributed by atoms with Gasteiger partial charge >= 0.3 is 0 Å². The van der Waals surface area contributed by atoms with Gasteiger partial charge in [0.25, 0.3) is 0 Å². The number of aliphatic hydroxyl groups excluding tert-OH is 1. The van der Waals surface area contributed by atoms with E-state index in [0.717, 1.165) is 48.7 Å². The van der Waals surface area contributed by atoms with Gasteiger partial charge in [-0.05, 0) is 25.0 Å². The molecule has 0 saturated carbocycles. The summed E-state index contributed by atoms with van der Waals surface area (Å²) in [5, 5.41) is 31.5. The van der Waals surface area contributed by atoms with Crippen LogP contribution in [0.15, 0.2) is 36.4 Å². The summed E-state index contributed by atoms with van der Waals surface area (Å²) < 4.78 is 6.90. The molecule has 0 spiro atoms. The number of hydrogen-bond donors (Lipinski definition) is 3. The van der Waals surface area contributed by atoms with Crippen molar-refractivity contribution < 1.29 is 20.1 Å². The molecule has 0 amide bonds. The van der Waals surface area contributed by atoms with E-state index in [-0.39, 0.29) is 18.3 Å². The number of allylic oxidation sites excluding steroid dienone is 2. The average molecular weight is 399 g/mol. The molecule has 29 heavy (non-hydrogen) atoms. The Labute approximate surface area is 171 Å². The number of anilines is 1.